The first-order chi connectivity index (χ1) is 14.9. The van der Waals surface area contributed by atoms with Crippen molar-refractivity contribution in [1.82, 2.24) is 14.9 Å². The normalized spacial score (nSPS) is 16.3. The highest BCUT2D eigenvalue weighted by atomic mass is 35.5. The van der Waals surface area contributed by atoms with E-state index in [9.17, 15) is 9.18 Å². The van der Waals surface area contributed by atoms with Gasteiger partial charge in [-0.05, 0) is 44.2 Å². The summed E-state index contributed by atoms with van der Waals surface area (Å²) in [5.74, 6) is 0.911. The van der Waals surface area contributed by atoms with Crippen LogP contribution in [0, 0.1) is 12.7 Å². The number of anilines is 1. The molecule has 0 saturated carbocycles. The summed E-state index contributed by atoms with van der Waals surface area (Å²) in [4.78, 5) is 25.4. The van der Waals surface area contributed by atoms with Crippen molar-refractivity contribution < 1.29 is 13.9 Å². The summed E-state index contributed by atoms with van der Waals surface area (Å²) in [6.07, 6.45) is 1.41. The number of amides is 1. The van der Waals surface area contributed by atoms with Crippen LogP contribution in [0.25, 0.3) is 0 Å². The van der Waals surface area contributed by atoms with Gasteiger partial charge in [-0.25, -0.2) is 14.4 Å². The lowest BCUT2D eigenvalue weighted by Crippen LogP contribution is -2.54. The van der Waals surface area contributed by atoms with E-state index in [1.807, 2.05) is 43.0 Å². The highest BCUT2D eigenvalue weighted by Crippen LogP contribution is 2.30. The maximum Gasteiger partial charge on any atom is 0.254 e. The largest absolute Gasteiger partial charge is 0.437 e. The lowest BCUT2D eigenvalue weighted by molar-refractivity contribution is 0.0673. The van der Waals surface area contributed by atoms with Crippen LogP contribution in [0.2, 0.25) is 5.02 Å². The van der Waals surface area contributed by atoms with Gasteiger partial charge in [0.1, 0.15) is 23.7 Å². The number of hydrogen-bond donors (Lipinski definition) is 0. The molecule has 2 aromatic carbocycles. The number of carbonyl (C=O) groups is 1. The Labute approximate surface area is 185 Å². The van der Waals surface area contributed by atoms with Gasteiger partial charge < -0.3 is 14.5 Å². The van der Waals surface area contributed by atoms with Crippen LogP contribution in [0.1, 0.15) is 22.8 Å². The number of benzene rings is 2. The van der Waals surface area contributed by atoms with Crippen molar-refractivity contribution in [3.63, 3.8) is 0 Å². The van der Waals surface area contributed by atoms with Gasteiger partial charge in [0.2, 0.25) is 5.88 Å². The first-order valence-corrected chi connectivity index (χ1v) is 10.4. The van der Waals surface area contributed by atoms with E-state index in [2.05, 4.69) is 14.9 Å². The van der Waals surface area contributed by atoms with Gasteiger partial charge in [-0.1, -0.05) is 29.3 Å². The van der Waals surface area contributed by atoms with E-state index in [1.165, 1.54) is 24.5 Å². The third-order valence-electron chi connectivity index (χ3n) is 5.25. The van der Waals surface area contributed by atoms with Crippen molar-refractivity contribution in [2.75, 3.05) is 24.5 Å². The number of hydrogen-bond acceptors (Lipinski definition) is 5. The fourth-order valence-electron chi connectivity index (χ4n) is 3.56. The van der Waals surface area contributed by atoms with Crippen LogP contribution >= 0.6 is 11.6 Å². The molecule has 1 unspecified atom stereocenters. The minimum atomic E-state index is -0.437. The van der Waals surface area contributed by atoms with Crippen molar-refractivity contribution >= 4 is 23.3 Å². The predicted molar refractivity (Wildman–Crippen MR) is 117 cm³/mol. The van der Waals surface area contributed by atoms with Crippen LogP contribution in [0.5, 0.6) is 11.6 Å². The Balaban J connectivity index is 1.45. The molecule has 0 radical (unpaired) electrons. The van der Waals surface area contributed by atoms with Crippen molar-refractivity contribution in [2.24, 2.45) is 0 Å². The summed E-state index contributed by atoms with van der Waals surface area (Å²) in [7, 11) is 0. The maximum absolute atomic E-state index is 13.2. The summed E-state index contributed by atoms with van der Waals surface area (Å²) >= 11 is 6.04. The fourth-order valence-corrected chi connectivity index (χ4v) is 3.76. The number of nitrogens with zero attached hydrogens (tertiary/aromatic N) is 4. The minimum absolute atomic E-state index is 0.00781. The van der Waals surface area contributed by atoms with Crippen LogP contribution in [0.15, 0.2) is 54.9 Å². The Hall–Kier alpha value is -3.19. The molecule has 3 aromatic rings. The third-order valence-corrected chi connectivity index (χ3v) is 5.54. The molecule has 0 N–H and O–H groups in total. The second-order valence-corrected chi connectivity index (χ2v) is 7.96. The predicted octanol–water partition coefficient (Wildman–Crippen LogP) is 4.72. The molecule has 160 valence electrons. The van der Waals surface area contributed by atoms with Crippen molar-refractivity contribution in [3.8, 4) is 11.6 Å². The van der Waals surface area contributed by atoms with E-state index < -0.39 is 5.82 Å². The Morgan fingerprint density at radius 1 is 1.13 bits per heavy atom. The van der Waals surface area contributed by atoms with Crippen LogP contribution in [-0.4, -0.2) is 46.5 Å². The van der Waals surface area contributed by atoms with E-state index in [1.54, 1.807) is 6.07 Å². The van der Waals surface area contributed by atoms with Crippen LogP contribution in [0.4, 0.5) is 10.2 Å². The molecule has 0 bridgehead atoms. The Bertz CT molecular complexity index is 1090. The molecular weight excluding hydrogens is 419 g/mol. The second-order valence-electron chi connectivity index (χ2n) is 7.55. The Kier molecular flexibility index (Phi) is 6.04. The van der Waals surface area contributed by atoms with E-state index in [0.29, 0.717) is 42.6 Å². The molecule has 6 nitrogen and oxygen atoms in total. The molecule has 0 spiro atoms. The summed E-state index contributed by atoms with van der Waals surface area (Å²) in [5.41, 5.74) is 1.82. The maximum atomic E-state index is 13.2. The van der Waals surface area contributed by atoms with Gasteiger partial charge in [0.25, 0.3) is 5.91 Å². The molecule has 1 atom stereocenters. The standard InChI is InChI=1S/C23H22ClFN4O2/c1-15-3-5-17(6-4-15)23(30)29-10-9-28(13-16(29)2)21-12-22(27-14-26-21)31-20-8-7-18(25)11-19(20)24/h3-8,11-12,14,16H,9-10,13H2,1-2H3. The van der Waals surface area contributed by atoms with Gasteiger partial charge in [-0.15, -0.1) is 0 Å². The molecule has 1 saturated heterocycles. The summed E-state index contributed by atoms with van der Waals surface area (Å²) < 4.78 is 19.0. The first kappa shape index (κ1) is 21.1. The molecular formula is C23H22ClFN4O2. The van der Waals surface area contributed by atoms with E-state index >= 15 is 0 Å². The fraction of sp³-hybridized carbons (Fsp3) is 0.261. The molecule has 8 heteroatoms. The van der Waals surface area contributed by atoms with Gasteiger partial charge in [0, 0.05) is 37.3 Å². The Morgan fingerprint density at radius 3 is 2.61 bits per heavy atom. The number of rotatable bonds is 4. The summed E-state index contributed by atoms with van der Waals surface area (Å²) in [6.45, 7) is 5.87. The van der Waals surface area contributed by atoms with Gasteiger partial charge in [0.15, 0.2) is 0 Å². The molecule has 0 aliphatic carbocycles. The average Bonchev–Trinajstić information content (AvgIpc) is 2.76. The van der Waals surface area contributed by atoms with Crippen molar-refractivity contribution in [2.45, 2.75) is 19.9 Å². The molecule has 4 rings (SSSR count). The van der Waals surface area contributed by atoms with Gasteiger partial charge in [-0.2, -0.15) is 0 Å². The second kappa shape index (κ2) is 8.89. The van der Waals surface area contributed by atoms with Gasteiger partial charge >= 0.3 is 0 Å². The highest BCUT2D eigenvalue weighted by Gasteiger charge is 2.29. The van der Waals surface area contributed by atoms with E-state index in [-0.39, 0.29) is 17.0 Å². The number of carbonyl (C=O) groups excluding carboxylic acids is 1. The van der Waals surface area contributed by atoms with Crippen LogP contribution in [-0.2, 0) is 0 Å². The molecule has 31 heavy (non-hydrogen) atoms. The minimum Gasteiger partial charge on any atom is -0.437 e. The van der Waals surface area contributed by atoms with Gasteiger partial charge in [0.05, 0.1) is 5.02 Å². The highest BCUT2D eigenvalue weighted by molar-refractivity contribution is 6.32. The molecule has 1 aliphatic heterocycles. The lowest BCUT2D eigenvalue weighted by Gasteiger charge is -2.40. The van der Waals surface area contributed by atoms with Crippen molar-refractivity contribution in [1.29, 1.82) is 0 Å². The molecule has 2 heterocycles. The van der Waals surface area contributed by atoms with Crippen molar-refractivity contribution in [3.05, 3.63) is 76.8 Å². The quantitative estimate of drug-likeness (QED) is 0.587. The monoisotopic (exact) mass is 440 g/mol. The van der Waals surface area contributed by atoms with E-state index in [0.717, 1.165) is 5.56 Å². The Morgan fingerprint density at radius 2 is 1.90 bits per heavy atom. The lowest BCUT2D eigenvalue weighted by atomic mass is 10.1. The zero-order valence-corrected chi connectivity index (χ0v) is 18.0. The molecule has 1 fully saturated rings. The molecule has 1 aliphatic rings. The number of aryl methyl sites for hydroxylation is 1. The smallest absolute Gasteiger partial charge is 0.254 e. The van der Waals surface area contributed by atoms with E-state index in [4.69, 9.17) is 16.3 Å². The number of ether oxygens (including phenoxy) is 1. The number of aromatic nitrogens is 2. The zero-order chi connectivity index (χ0) is 22.0. The summed E-state index contributed by atoms with van der Waals surface area (Å²) in [6, 6.07) is 13.3. The number of piperazine rings is 1. The van der Waals surface area contributed by atoms with Gasteiger partial charge in [-0.3, -0.25) is 4.79 Å². The molecule has 1 aromatic heterocycles. The first-order valence-electron chi connectivity index (χ1n) is 9.98. The average molecular weight is 441 g/mol. The zero-order valence-electron chi connectivity index (χ0n) is 17.3. The summed E-state index contributed by atoms with van der Waals surface area (Å²) in [5, 5.41) is 0.164. The van der Waals surface area contributed by atoms with Crippen LogP contribution < -0.4 is 9.64 Å². The molecule has 1 amide bonds. The van der Waals surface area contributed by atoms with Crippen LogP contribution in [0.3, 0.4) is 0 Å². The topological polar surface area (TPSA) is 58.6 Å². The number of halogens is 2. The third kappa shape index (κ3) is 4.77. The SMILES string of the molecule is Cc1ccc(C(=O)N2CCN(c3cc(Oc4ccc(F)cc4Cl)ncn3)CC2C)cc1.